The van der Waals surface area contributed by atoms with E-state index in [0.717, 1.165) is 30.7 Å². The van der Waals surface area contributed by atoms with Gasteiger partial charge in [0.2, 0.25) is 0 Å². The van der Waals surface area contributed by atoms with E-state index in [2.05, 4.69) is 10.2 Å². The lowest BCUT2D eigenvalue weighted by Crippen LogP contribution is -2.12. The molecule has 1 aliphatic carbocycles. The molecule has 1 N–H and O–H groups in total. The second kappa shape index (κ2) is 4.47. The predicted molar refractivity (Wildman–Crippen MR) is 67.3 cm³/mol. The van der Waals surface area contributed by atoms with Gasteiger partial charge in [0.05, 0.1) is 16.8 Å². The maximum atomic E-state index is 12.5. The average Bonchev–Trinajstić information content (AvgIpc) is 3.23. The standard InChI is InChI=1S/C14H11F3N2O/c15-14(16,17)10-5-3-8(4-6-10)11-7-12(9-1-2-9)18-19-13(11)20/h3-7,9H,1-2H2,(H,19,20). The molecule has 0 atom stereocenters. The Morgan fingerprint density at radius 2 is 1.80 bits per heavy atom. The third-order valence-corrected chi connectivity index (χ3v) is 3.34. The fraction of sp³-hybridized carbons (Fsp3) is 0.286. The molecular weight excluding hydrogens is 269 g/mol. The van der Waals surface area contributed by atoms with Crippen LogP contribution in [0.15, 0.2) is 35.1 Å². The van der Waals surface area contributed by atoms with Crippen LogP contribution in [0.1, 0.15) is 30.0 Å². The number of benzene rings is 1. The van der Waals surface area contributed by atoms with Crippen LogP contribution in [0.2, 0.25) is 0 Å². The molecule has 6 heteroatoms. The van der Waals surface area contributed by atoms with E-state index in [4.69, 9.17) is 0 Å². The number of H-pyrrole nitrogens is 1. The first kappa shape index (κ1) is 12.9. The Morgan fingerprint density at radius 1 is 1.15 bits per heavy atom. The third kappa shape index (κ3) is 2.45. The molecular formula is C14H11F3N2O. The molecule has 0 aliphatic heterocycles. The normalized spacial score (nSPS) is 15.3. The molecule has 0 bridgehead atoms. The van der Waals surface area contributed by atoms with E-state index in [9.17, 15) is 18.0 Å². The smallest absolute Gasteiger partial charge is 0.267 e. The summed E-state index contributed by atoms with van der Waals surface area (Å²) in [6, 6.07) is 6.24. The third-order valence-electron chi connectivity index (χ3n) is 3.34. The topological polar surface area (TPSA) is 45.8 Å². The zero-order valence-corrected chi connectivity index (χ0v) is 10.4. The van der Waals surface area contributed by atoms with Gasteiger partial charge in [-0.2, -0.15) is 18.3 Å². The number of rotatable bonds is 2. The van der Waals surface area contributed by atoms with E-state index < -0.39 is 17.3 Å². The highest BCUT2D eigenvalue weighted by Gasteiger charge is 2.30. The van der Waals surface area contributed by atoms with Crippen molar-refractivity contribution in [1.29, 1.82) is 0 Å². The van der Waals surface area contributed by atoms with Crippen molar-refractivity contribution in [3.05, 3.63) is 51.9 Å². The van der Waals surface area contributed by atoms with Gasteiger partial charge in [-0.15, -0.1) is 0 Å². The highest BCUT2D eigenvalue weighted by atomic mass is 19.4. The molecule has 3 nitrogen and oxygen atoms in total. The van der Waals surface area contributed by atoms with Crippen LogP contribution in [0.3, 0.4) is 0 Å². The molecule has 1 aromatic carbocycles. The largest absolute Gasteiger partial charge is 0.416 e. The highest BCUT2D eigenvalue weighted by molar-refractivity contribution is 5.63. The second-order valence-electron chi connectivity index (χ2n) is 4.88. The monoisotopic (exact) mass is 280 g/mol. The molecule has 1 aromatic heterocycles. The van der Waals surface area contributed by atoms with Gasteiger partial charge in [0.25, 0.3) is 5.56 Å². The number of nitrogens with zero attached hydrogens (tertiary/aromatic N) is 1. The quantitative estimate of drug-likeness (QED) is 0.917. The van der Waals surface area contributed by atoms with Crippen LogP contribution in [0.4, 0.5) is 13.2 Å². The zero-order valence-electron chi connectivity index (χ0n) is 10.4. The highest BCUT2D eigenvalue weighted by Crippen LogP contribution is 2.39. The number of hydrogen-bond acceptors (Lipinski definition) is 2. The predicted octanol–water partition coefficient (Wildman–Crippen LogP) is 3.33. The number of aromatic nitrogens is 2. The summed E-state index contributed by atoms with van der Waals surface area (Å²) in [5.74, 6) is 0.361. The average molecular weight is 280 g/mol. The Bertz CT molecular complexity index is 685. The van der Waals surface area contributed by atoms with Gasteiger partial charge >= 0.3 is 6.18 Å². The molecule has 20 heavy (non-hydrogen) atoms. The zero-order chi connectivity index (χ0) is 14.3. The van der Waals surface area contributed by atoms with Gasteiger partial charge in [0.1, 0.15) is 0 Å². The molecule has 0 radical (unpaired) electrons. The van der Waals surface area contributed by atoms with E-state index in [-0.39, 0.29) is 0 Å². The Balaban J connectivity index is 2.00. The molecule has 3 rings (SSSR count). The lowest BCUT2D eigenvalue weighted by Gasteiger charge is -2.08. The van der Waals surface area contributed by atoms with E-state index in [0.29, 0.717) is 17.0 Å². The minimum atomic E-state index is -4.37. The Kier molecular flexibility index (Phi) is 2.88. The van der Waals surface area contributed by atoms with Crippen LogP contribution in [0.5, 0.6) is 0 Å². The van der Waals surface area contributed by atoms with Crippen molar-refractivity contribution >= 4 is 0 Å². The van der Waals surface area contributed by atoms with Crippen molar-refractivity contribution in [3.63, 3.8) is 0 Å². The van der Waals surface area contributed by atoms with E-state index in [1.54, 1.807) is 6.07 Å². The molecule has 0 amide bonds. The maximum Gasteiger partial charge on any atom is 0.416 e. The lowest BCUT2D eigenvalue weighted by molar-refractivity contribution is -0.137. The summed E-state index contributed by atoms with van der Waals surface area (Å²) in [7, 11) is 0. The van der Waals surface area contributed by atoms with Crippen molar-refractivity contribution in [2.45, 2.75) is 24.9 Å². The maximum absolute atomic E-state index is 12.5. The first-order valence-electron chi connectivity index (χ1n) is 6.22. The number of hydrogen-bond donors (Lipinski definition) is 1. The number of nitrogens with one attached hydrogen (secondary N) is 1. The van der Waals surface area contributed by atoms with Crippen LogP contribution in [0.25, 0.3) is 11.1 Å². The molecule has 104 valence electrons. The van der Waals surface area contributed by atoms with E-state index >= 15 is 0 Å². The fourth-order valence-corrected chi connectivity index (χ4v) is 2.06. The summed E-state index contributed by atoms with van der Waals surface area (Å²) >= 11 is 0. The Labute approximate surface area is 112 Å². The first-order chi connectivity index (χ1) is 9.45. The minimum absolute atomic E-state index is 0.357. The molecule has 0 spiro atoms. The van der Waals surface area contributed by atoms with Crippen molar-refractivity contribution in [1.82, 2.24) is 10.2 Å². The first-order valence-corrected chi connectivity index (χ1v) is 6.22. The number of halogens is 3. The molecule has 0 saturated heterocycles. The van der Waals surface area contributed by atoms with Crippen LogP contribution >= 0.6 is 0 Å². The lowest BCUT2D eigenvalue weighted by atomic mass is 10.0. The number of alkyl halides is 3. The van der Waals surface area contributed by atoms with Crippen molar-refractivity contribution in [2.24, 2.45) is 0 Å². The van der Waals surface area contributed by atoms with Crippen molar-refractivity contribution < 1.29 is 13.2 Å². The fourth-order valence-electron chi connectivity index (χ4n) is 2.06. The van der Waals surface area contributed by atoms with Crippen LogP contribution in [-0.2, 0) is 6.18 Å². The molecule has 1 fully saturated rings. The molecule has 0 unspecified atom stereocenters. The molecule has 2 aromatic rings. The van der Waals surface area contributed by atoms with Crippen molar-refractivity contribution in [2.75, 3.05) is 0 Å². The summed E-state index contributed by atoms with van der Waals surface area (Å²) in [5, 5.41) is 6.37. The number of aromatic amines is 1. The Hall–Kier alpha value is -2.11. The van der Waals surface area contributed by atoms with Gasteiger partial charge in [-0.1, -0.05) is 12.1 Å². The van der Waals surface area contributed by atoms with Gasteiger partial charge in [-0.05, 0) is 36.6 Å². The second-order valence-corrected chi connectivity index (χ2v) is 4.88. The van der Waals surface area contributed by atoms with Crippen LogP contribution in [-0.4, -0.2) is 10.2 Å². The Morgan fingerprint density at radius 3 is 2.35 bits per heavy atom. The van der Waals surface area contributed by atoms with Crippen LogP contribution < -0.4 is 5.56 Å². The molecule has 1 aliphatic rings. The SMILES string of the molecule is O=c1[nH]nc(C2CC2)cc1-c1ccc(C(F)(F)F)cc1. The van der Waals surface area contributed by atoms with Gasteiger partial charge in [0, 0.05) is 5.92 Å². The summed E-state index contributed by atoms with van der Waals surface area (Å²) in [6.45, 7) is 0. The summed E-state index contributed by atoms with van der Waals surface area (Å²) in [4.78, 5) is 11.8. The minimum Gasteiger partial charge on any atom is -0.267 e. The molecule has 1 saturated carbocycles. The summed E-state index contributed by atoms with van der Waals surface area (Å²) in [6.07, 6.45) is -2.31. The van der Waals surface area contributed by atoms with Gasteiger partial charge < -0.3 is 0 Å². The van der Waals surface area contributed by atoms with Crippen LogP contribution in [0, 0.1) is 0 Å². The van der Waals surface area contributed by atoms with Crippen molar-refractivity contribution in [3.8, 4) is 11.1 Å². The molecule has 1 heterocycles. The van der Waals surface area contributed by atoms with Gasteiger partial charge in [-0.3, -0.25) is 4.79 Å². The summed E-state index contributed by atoms with van der Waals surface area (Å²) < 4.78 is 37.5. The van der Waals surface area contributed by atoms with Gasteiger partial charge in [-0.25, -0.2) is 5.10 Å². The van der Waals surface area contributed by atoms with E-state index in [1.165, 1.54) is 12.1 Å². The van der Waals surface area contributed by atoms with Gasteiger partial charge in [0.15, 0.2) is 0 Å². The summed E-state index contributed by atoms with van der Waals surface area (Å²) in [5.41, 5.74) is 0.488. The van der Waals surface area contributed by atoms with E-state index in [1.807, 2.05) is 0 Å².